The Morgan fingerprint density at radius 2 is 1.74 bits per heavy atom. The Kier molecular flexibility index (Phi) is 5.10. The first-order valence-electron chi connectivity index (χ1n) is 6.28. The largest absolute Gasteiger partial charge is 0.460 e. The van der Waals surface area contributed by atoms with Gasteiger partial charge in [0.2, 0.25) is 5.91 Å². The fourth-order valence-electron chi connectivity index (χ4n) is 1.51. The van der Waals surface area contributed by atoms with Crippen LogP contribution in [0, 0.1) is 0 Å². The summed E-state index contributed by atoms with van der Waals surface area (Å²) >= 11 is 0. The first kappa shape index (κ1) is 15.2. The first-order valence-corrected chi connectivity index (χ1v) is 6.28. The third-order valence-electron chi connectivity index (χ3n) is 2.70. The van der Waals surface area contributed by atoms with Gasteiger partial charge in [-0.2, -0.15) is 0 Å². The quantitative estimate of drug-likeness (QED) is 0.847. The van der Waals surface area contributed by atoms with Crippen LogP contribution in [0.5, 0.6) is 0 Å². The van der Waals surface area contributed by atoms with Crippen LogP contribution < -0.4 is 5.32 Å². The summed E-state index contributed by atoms with van der Waals surface area (Å²) in [6.45, 7) is 7.94. The maximum absolute atomic E-state index is 11.3. The van der Waals surface area contributed by atoms with Gasteiger partial charge in [-0.25, -0.2) is 0 Å². The highest BCUT2D eigenvalue weighted by atomic mass is 16.5. The molecule has 0 heterocycles. The van der Waals surface area contributed by atoms with Crippen LogP contribution in [0.3, 0.4) is 0 Å². The van der Waals surface area contributed by atoms with E-state index in [1.165, 1.54) is 12.5 Å². The van der Waals surface area contributed by atoms with Gasteiger partial charge in [0.25, 0.3) is 0 Å². The van der Waals surface area contributed by atoms with Crippen molar-refractivity contribution in [2.45, 2.75) is 39.7 Å². The van der Waals surface area contributed by atoms with Gasteiger partial charge >= 0.3 is 5.97 Å². The zero-order valence-corrected chi connectivity index (χ0v) is 11.9. The lowest BCUT2D eigenvalue weighted by Gasteiger charge is -2.19. The molecule has 0 fully saturated rings. The fourth-order valence-corrected chi connectivity index (χ4v) is 1.51. The highest BCUT2D eigenvalue weighted by molar-refractivity contribution is 5.80. The molecule has 0 aliphatic heterocycles. The lowest BCUT2D eigenvalue weighted by Crippen LogP contribution is -2.28. The standard InChI is InChI=1S/C15H21NO3/c1-11(17)16-9-14(18)19-10-12-5-7-13(8-6-12)15(2,3)4/h5-8H,9-10H2,1-4H3,(H,16,17). The van der Waals surface area contributed by atoms with Crippen molar-refractivity contribution in [3.05, 3.63) is 35.4 Å². The van der Waals surface area contributed by atoms with Crippen molar-refractivity contribution in [2.75, 3.05) is 6.54 Å². The van der Waals surface area contributed by atoms with E-state index in [-0.39, 0.29) is 24.5 Å². The van der Waals surface area contributed by atoms with Gasteiger partial charge in [0.15, 0.2) is 0 Å². The van der Waals surface area contributed by atoms with E-state index >= 15 is 0 Å². The number of nitrogens with one attached hydrogen (secondary N) is 1. The summed E-state index contributed by atoms with van der Waals surface area (Å²) in [5, 5.41) is 2.40. The Bertz CT molecular complexity index is 443. The molecule has 1 amide bonds. The van der Waals surface area contributed by atoms with E-state index in [4.69, 9.17) is 4.74 Å². The number of carbonyl (C=O) groups is 2. The zero-order chi connectivity index (χ0) is 14.5. The van der Waals surface area contributed by atoms with E-state index in [0.717, 1.165) is 5.56 Å². The molecule has 0 aliphatic carbocycles. The van der Waals surface area contributed by atoms with Crippen molar-refractivity contribution in [2.24, 2.45) is 0 Å². The van der Waals surface area contributed by atoms with Gasteiger partial charge in [0.05, 0.1) is 0 Å². The van der Waals surface area contributed by atoms with Crippen LogP contribution in [0.2, 0.25) is 0 Å². The Balaban J connectivity index is 2.46. The summed E-state index contributed by atoms with van der Waals surface area (Å²) in [5.74, 6) is -0.679. The SMILES string of the molecule is CC(=O)NCC(=O)OCc1ccc(C(C)(C)C)cc1. The van der Waals surface area contributed by atoms with Crippen molar-refractivity contribution in [1.82, 2.24) is 5.32 Å². The minimum Gasteiger partial charge on any atom is -0.460 e. The average molecular weight is 263 g/mol. The molecule has 0 saturated heterocycles. The second kappa shape index (κ2) is 6.36. The van der Waals surface area contributed by atoms with Gasteiger partial charge in [-0.05, 0) is 16.5 Å². The first-order chi connectivity index (χ1) is 8.79. The van der Waals surface area contributed by atoms with Crippen LogP contribution in [-0.4, -0.2) is 18.4 Å². The average Bonchev–Trinajstić information content (AvgIpc) is 2.33. The summed E-state index contributed by atoms with van der Waals surface area (Å²) in [5.41, 5.74) is 2.28. The van der Waals surface area contributed by atoms with Gasteiger partial charge in [0, 0.05) is 6.92 Å². The monoisotopic (exact) mass is 263 g/mol. The summed E-state index contributed by atoms with van der Waals surface area (Å²) in [7, 11) is 0. The molecule has 0 aliphatic rings. The van der Waals surface area contributed by atoms with Crippen molar-refractivity contribution in [3.8, 4) is 0 Å². The summed E-state index contributed by atoms with van der Waals surface area (Å²) in [6, 6.07) is 7.98. The van der Waals surface area contributed by atoms with E-state index in [1.807, 2.05) is 24.3 Å². The number of rotatable bonds is 4. The minimum atomic E-state index is -0.435. The highest BCUT2D eigenvalue weighted by Crippen LogP contribution is 2.22. The summed E-state index contributed by atoms with van der Waals surface area (Å²) in [4.78, 5) is 21.9. The lowest BCUT2D eigenvalue weighted by atomic mass is 9.87. The van der Waals surface area contributed by atoms with Crippen LogP contribution in [0.25, 0.3) is 0 Å². The van der Waals surface area contributed by atoms with E-state index in [9.17, 15) is 9.59 Å². The minimum absolute atomic E-state index is 0.0879. The topological polar surface area (TPSA) is 55.4 Å². The molecule has 1 N–H and O–H groups in total. The van der Waals surface area contributed by atoms with E-state index in [0.29, 0.717) is 0 Å². The molecule has 0 radical (unpaired) electrons. The zero-order valence-electron chi connectivity index (χ0n) is 11.9. The van der Waals surface area contributed by atoms with Crippen molar-refractivity contribution in [3.63, 3.8) is 0 Å². The molecule has 0 saturated carbocycles. The number of amides is 1. The molecule has 1 aromatic rings. The predicted octanol–water partition coefficient (Wildman–Crippen LogP) is 2.16. The molecule has 4 heteroatoms. The Hall–Kier alpha value is -1.84. The molecular formula is C15H21NO3. The predicted molar refractivity (Wildman–Crippen MR) is 73.6 cm³/mol. The lowest BCUT2D eigenvalue weighted by molar-refractivity contribution is -0.145. The van der Waals surface area contributed by atoms with Crippen molar-refractivity contribution < 1.29 is 14.3 Å². The highest BCUT2D eigenvalue weighted by Gasteiger charge is 2.13. The Labute approximate surface area is 114 Å². The number of esters is 1. The normalized spacial score (nSPS) is 10.9. The third kappa shape index (κ3) is 5.55. The smallest absolute Gasteiger partial charge is 0.325 e. The molecule has 0 unspecified atom stereocenters. The van der Waals surface area contributed by atoms with E-state index in [2.05, 4.69) is 26.1 Å². The molecule has 1 aromatic carbocycles. The van der Waals surface area contributed by atoms with Crippen LogP contribution in [0.1, 0.15) is 38.8 Å². The Morgan fingerprint density at radius 1 is 1.16 bits per heavy atom. The number of hydrogen-bond donors (Lipinski definition) is 1. The van der Waals surface area contributed by atoms with Crippen molar-refractivity contribution in [1.29, 1.82) is 0 Å². The third-order valence-corrected chi connectivity index (χ3v) is 2.70. The molecule has 0 atom stereocenters. The van der Waals surface area contributed by atoms with E-state index in [1.54, 1.807) is 0 Å². The molecule has 4 nitrogen and oxygen atoms in total. The van der Waals surface area contributed by atoms with Crippen LogP contribution in [0.4, 0.5) is 0 Å². The van der Waals surface area contributed by atoms with Gasteiger partial charge in [0.1, 0.15) is 13.2 Å². The number of hydrogen-bond acceptors (Lipinski definition) is 3. The van der Waals surface area contributed by atoms with Crippen molar-refractivity contribution >= 4 is 11.9 Å². The number of ether oxygens (including phenoxy) is 1. The molecule has 0 aromatic heterocycles. The van der Waals surface area contributed by atoms with E-state index < -0.39 is 5.97 Å². The Morgan fingerprint density at radius 3 is 2.21 bits per heavy atom. The molecule has 0 spiro atoms. The number of benzene rings is 1. The van der Waals surface area contributed by atoms with Gasteiger partial charge < -0.3 is 10.1 Å². The fraction of sp³-hybridized carbons (Fsp3) is 0.467. The van der Waals surface area contributed by atoms with Gasteiger partial charge in [-0.3, -0.25) is 9.59 Å². The molecule has 1 rings (SSSR count). The second-order valence-electron chi connectivity index (χ2n) is 5.52. The molecule has 104 valence electrons. The van der Waals surface area contributed by atoms with Gasteiger partial charge in [-0.15, -0.1) is 0 Å². The second-order valence-corrected chi connectivity index (χ2v) is 5.52. The van der Waals surface area contributed by atoms with Gasteiger partial charge in [-0.1, -0.05) is 45.0 Å². The van der Waals surface area contributed by atoms with Crippen LogP contribution >= 0.6 is 0 Å². The molecule has 19 heavy (non-hydrogen) atoms. The molecule has 0 bridgehead atoms. The summed E-state index contributed by atoms with van der Waals surface area (Å²) < 4.78 is 5.05. The maximum atomic E-state index is 11.3. The summed E-state index contributed by atoms with van der Waals surface area (Å²) in [6.07, 6.45) is 0. The number of carbonyl (C=O) groups excluding carboxylic acids is 2. The van der Waals surface area contributed by atoms with Crippen LogP contribution in [-0.2, 0) is 26.3 Å². The van der Waals surface area contributed by atoms with Crippen LogP contribution in [0.15, 0.2) is 24.3 Å². The molecular weight excluding hydrogens is 242 g/mol. The maximum Gasteiger partial charge on any atom is 0.325 e.